The van der Waals surface area contributed by atoms with E-state index < -0.39 is 0 Å². The number of pyridine rings is 1. The SMILES string of the molecule is COc1cccc(CN(CC2CC(c3cccnc3)=NO2)C(=O)CC(C)C)c1. The molecule has 0 radical (unpaired) electrons. The van der Waals surface area contributed by atoms with Crippen LogP contribution in [0.25, 0.3) is 0 Å². The van der Waals surface area contributed by atoms with Gasteiger partial charge in [0.25, 0.3) is 0 Å². The molecule has 0 saturated carbocycles. The van der Waals surface area contributed by atoms with Crippen LogP contribution in [0.15, 0.2) is 53.9 Å². The Bertz CT molecular complexity index is 821. The molecule has 0 fully saturated rings. The van der Waals surface area contributed by atoms with Crippen molar-refractivity contribution in [1.82, 2.24) is 9.88 Å². The smallest absolute Gasteiger partial charge is 0.223 e. The Morgan fingerprint density at radius 2 is 2.18 bits per heavy atom. The Morgan fingerprint density at radius 3 is 2.89 bits per heavy atom. The quantitative estimate of drug-likeness (QED) is 0.700. The van der Waals surface area contributed by atoms with Crippen molar-refractivity contribution in [2.24, 2.45) is 11.1 Å². The average molecular weight is 381 g/mol. The van der Waals surface area contributed by atoms with Crippen molar-refractivity contribution in [1.29, 1.82) is 0 Å². The Labute approximate surface area is 166 Å². The van der Waals surface area contributed by atoms with Crippen molar-refractivity contribution in [3.05, 3.63) is 59.9 Å². The normalized spacial score (nSPS) is 15.9. The molecule has 0 aliphatic carbocycles. The first-order chi connectivity index (χ1) is 13.5. The van der Waals surface area contributed by atoms with Gasteiger partial charge in [0, 0.05) is 37.3 Å². The highest BCUT2D eigenvalue weighted by Gasteiger charge is 2.27. The number of hydrogen-bond donors (Lipinski definition) is 0. The molecular weight excluding hydrogens is 354 g/mol. The molecule has 28 heavy (non-hydrogen) atoms. The zero-order chi connectivity index (χ0) is 19.9. The summed E-state index contributed by atoms with van der Waals surface area (Å²) in [7, 11) is 1.64. The lowest BCUT2D eigenvalue weighted by Crippen LogP contribution is -2.37. The predicted molar refractivity (Wildman–Crippen MR) is 108 cm³/mol. The van der Waals surface area contributed by atoms with Crippen LogP contribution in [0.2, 0.25) is 0 Å². The van der Waals surface area contributed by atoms with Gasteiger partial charge < -0.3 is 14.5 Å². The highest BCUT2D eigenvalue weighted by Crippen LogP contribution is 2.20. The van der Waals surface area contributed by atoms with Crippen molar-refractivity contribution in [2.75, 3.05) is 13.7 Å². The topological polar surface area (TPSA) is 64.0 Å². The van der Waals surface area contributed by atoms with E-state index in [2.05, 4.69) is 24.0 Å². The van der Waals surface area contributed by atoms with Crippen molar-refractivity contribution in [3.63, 3.8) is 0 Å². The standard InChI is InChI=1S/C22H27N3O3/c1-16(2)10-22(26)25(14-17-6-4-8-19(11-17)27-3)15-20-12-21(24-28-20)18-7-5-9-23-13-18/h4-9,11,13,16,20H,10,12,14-15H2,1-3H3. The van der Waals surface area contributed by atoms with Crippen LogP contribution in [0.3, 0.4) is 0 Å². The molecular formula is C22H27N3O3. The predicted octanol–water partition coefficient (Wildman–Crippen LogP) is 3.66. The lowest BCUT2D eigenvalue weighted by Gasteiger charge is -2.26. The van der Waals surface area contributed by atoms with Gasteiger partial charge >= 0.3 is 0 Å². The molecule has 0 spiro atoms. The van der Waals surface area contributed by atoms with E-state index in [1.54, 1.807) is 19.5 Å². The maximum Gasteiger partial charge on any atom is 0.223 e. The maximum absolute atomic E-state index is 12.8. The molecule has 0 N–H and O–H groups in total. The fraction of sp³-hybridized carbons (Fsp3) is 0.409. The molecule has 2 aromatic rings. The minimum Gasteiger partial charge on any atom is -0.497 e. The van der Waals surface area contributed by atoms with Crippen molar-refractivity contribution in [2.45, 2.75) is 39.3 Å². The monoisotopic (exact) mass is 381 g/mol. The summed E-state index contributed by atoms with van der Waals surface area (Å²) in [4.78, 5) is 24.5. The van der Waals surface area contributed by atoms with Crippen molar-refractivity contribution >= 4 is 11.6 Å². The molecule has 2 heterocycles. The molecule has 6 nitrogen and oxygen atoms in total. The third-order valence-electron chi connectivity index (χ3n) is 4.59. The number of nitrogens with zero attached hydrogens (tertiary/aromatic N) is 3. The number of methoxy groups -OCH3 is 1. The zero-order valence-corrected chi connectivity index (χ0v) is 16.7. The molecule has 0 saturated heterocycles. The number of carbonyl (C=O) groups excluding carboxylic acids is 1. The van der Waals surface area contributed by atoms with E-state index in [0.717, 1.165) is 22.6 Å². The first-order valence-electron chi connectivity index (χ1n) is 9.59. The summed E-state index contributed by atoms with van der Waals surface area (Å²) < 4.78 is 5.31. The maximum atomic E-state index is 12.8. The minimum absolute atomic E-state index is 0.122. The summed E-state index contributed by atoms with van der Waals surface area (Å²) in [6, 6.07) is 11.7. The molecule has 1 aromatic carbocycles. The van der Waals surface area contributed by atoms with Gasteiger partial charge in [0.05, 0.1) is 19.4 Å². The molecule has 1 aliphatic heterocycles. The van der Waals surface area contributed by atoms with Crippen molar-refractivity contribution < 1.29 is 14.4 Å². The van der Waals surface area contributed by atoms with Gasteiger partial charge in [-0.15, -0.1) is 0 Å². The van der Waals surface area contributed by atoms with E-state index >= 15 is 0 Å². The van der Waals surface area contributed by atoms with Gasteiger partial charge in [-0.2, -0.15) is 0 Å². The van der Waals surface area contributed by atoms with Crippen LogP contribution in [-0.2, 0) is 16.2 Å². The molecule has 1 amide bonds. The Balaban J connectivity index is 1.68. The van der Waals surface area contributed by atoms with Crippen LogP contribution < -0.4 is 4.74 Å². The summed E-state index contributed by atoms with van der Waals surface area (Å²) >= 11 is 0. The third kappa shape index (κ3) is 5.31. The van der Waals surface area contributed by atoms with E-state index in [0.29, 0.717) is 31.8 Å². The summed E-state index contributed by atoms with van der Waals surface area (Å²) in [5.41, 5.74) is 2.86. The number of rotatable bonds is 8. The number of benzene rings is 1. The van der Waals surface area contributed by atoms with Crippen LogP contribution in [0.4, 0.5) is 0 Å². The second kappa shape index (κ2) is 9.35. The number of oxime groups is 1. The van der Waals surface area contributed by atoms with Crippen LogP contribution >= 0.6 is 0 Å². The molecule has 6 heteroatoms. The summed E-state index contributed by atoms with van der Waals surface area (Å²) in [6.07, 6.45) is 4.53. The van der Waals surface area contributed by atoms with Gasteiger partial charge in [0.15, 0.2) is 6.10 Å². The molecule has 1 unspecified atom stereocenters. The number of aromatic nitrogens is 1. The van der Waals surface area contributed by atoms with Gasteiger partial charge in [-0.1, -0.05) is 31.1 Å². The zero-order valence-electron chi connectivity index (χ0n) is 16.7. The van der Waals surface area contributed by atoms with Gasteiger partial charge in [-0.05, 0) is 35.7 Å². The van der Waals surface area contributed by atoms with Crippen LogP contribution in [0.5, 0.6) is 5.75 Å². The number of amides is 1. The van der Waals surface area contributed by atoms with Gasteiger partial charge in [-0.25, -0.2) is 0 Å². The van der Waals surface area contributed by atoms with E-state index in [1.807, 2.05) is 41.3 Å². The van der Waals surface area contributed by atoms with Gasteiger partial charge in [0.1, 0.15) is 5.75 Å². The highest BCUT2D eigenvalue weighted by molar-refractivity contribution is 6.01. The summed E-state index contributed by atoms with van der Waals surface area (Å²) in [5, 5.41) is 4.21. The van der Waals surface area contributed by atoms with Crippen molar-refractivity contribution in [3.8, 4) is 5.75 Å². The highest BCUT2D eigenvalue weighted by atomic mass is 16.6. The van der Waals surface area contributed by atoms with E-state index in [4.69, 9.17) is 9.57 Å². The molecule has 3 rings (SSSR count). The lowest BCUT2D eigenvalue weighted by atomic mass is 10.1. The average Bonchev–Trinajstić information content (AvgIpc) is 3.16. The fourth-order valence-corrected chi connectivity index (χ4v) is 3.20. The first-order valence-corrected chi connectivity index (χ1v) is 9.59. The molecule has 148 valence electrons. The molecule has 1 aliphatic rings. The van der Waals surface area contributed by atoms with E-state index in [1.165, 1.54) is 0 Å². The van der Waals surface area contributed by atoms with E-state index in [9.17, 15) is 4.79 Å². The largest absolute Gasteiger partial charge is 0.497 e. The Kier molecular flexibility index (Phi) is 6.63. The molecule has 1 atom stereocenters. The van der Waals surface area contributed by atoms with E-state index in [-0.39, 0.29) is 12.0 Å². The Morgan fingerprint density at radius 1 is 1.32 bits per heavy atom. The first kappa shape index (κ1) is 19.9. The molecule has 0 bridgehead atoms. The fourth-order valence-electron chi connectivity index (χ4n) is 3.20. The second-order valence-corrected chi connectivity index (χ2v) is 7.43. The number of hydrogen-bond acceptors (Lipinski definition) is 5. The number of carbonyl (C=O) groups is 1. The van der Waals surface area contributed by atoms with Crippen LogP contribution in [-0.4, -0.2) is 41.3 Å². The van der Waals surface area contributed by atoms with Gasteiger partial charge in [-0.3, -0.25) is 9.78 Å². The number of ether oxygens (including phenoxy) is 1. The summed E-state index contributed by atoms with van der Waals surface area (Å²) in [6.45, 7) is 5.12. The Hall–Kier alpha value is -2.89. The lowest BCUT2D eigenvalue weighted by molar-refractivity contribution is -0.134. The third-order valence-corrected chi connectivity index (χ3v) is 4.59. The minimum atomic E-state index is -0.156. The molecule has 1 aromatic heterocycles. The second-order valence-electron chi connectivity index (χ2n) is 7.43. The van der Waals surface area contributed by atoms with Crippen LogP contribution in [0, 0.1) is 5.92 Å². The van der Waals surface area contributed by atoms with Crippen LogP contribution in [0.1, 0.15) is 37.8 Å². The summed E-state index contributed by atoms with van der Waals surface area (Å²) in [5.74, 6) is 1.20. The van der Waals surface area contributed by atoms with Gasteiger partial charge in [0.2, 0.25) is 5.91 Å².